The van der Waals surface area contributed by atoms with Gasteiger partial charge in [-0.15, -0.1) is 11.3 Å². The van der Waals surface area contributed by atoms with Gasteiger partial charge in [0.2, 0.25) is 5.91 Å². The average molecular weight is 493 g/mol. The summed E-state index contributed by atoms with van der Waals surface area (Å²) >= 11 is 1.69. The lowest BCUT2D eigenvalue weighted by molar-refractivity contribution is -0.133. The molecule has 0 aliphatic carbocycles. The Bertz CT molecular complexity index is 1070. The molecule has 1 atom stereocenters. The van der Waals surface area contributed by atoms with E-state index < -0.39 is 0 Å². The molecule has 2 fully saturated rings. The maximum atomic E-state index is 13.3. The summed E-state index contributed by atoms with van der Waals surface area (Å²) in [6.45, 7) is 5.25. The number of hydrogen-bond acceptors (Lipinski definition) is 7. The average Bonchev–Trinajstić information content (AvgIpc) is 3.31. The Morgan fingerprint density at radius 2 is 1.91 bits per heavy atom. The molecule has 2 aliphatic rings. The monoisotopic (exact) mass is 492 g/mol. The van der Waals surface area contributed by atoms with Crippen LogP contribution in [0, 0.1) is 5.92 Å². The molecule has 2 aliphatic heterocycles. The van der Waals surface area contributed by atoms with Crippen LogP contribution in [0.25, 0.3) is 10.6 Å². The van der Waals surface area contributed by atoms with Crippen LogP contribution in [0.15, 0.2) is 61.1 Å². The SMILES string of the molecule is O=C1CN(Cc2cnc(-c3ccccc3)s2)CC(OCc2cccnc2)CN1CC1CCOCC1. The van der Waals surface area contributed by atoms with Crippen LogP contribution < -0.4 is 0 Å². The highest BCUT2D eigenvalue weighted by Crippen LogP contribution is 2.26. The van der Waals surface area contributed by atoms with Crippen LogP contribution in [-0.2, 0) is 27.4 Å². The fourth-order valence-electron chi connectivity index (χ4n) is 4.70. The van der Waals surface area contributed by atoms with Crippen molar-refractivity contribution < 1.29 is 14.3 Å². The second kappa shape index (κ2) is 11.9. The van der Waals surface area contributed by atoms with Gasteiger partial charge in [-0.05, 0) is 30.4 Å². The summed E-state index contributed by atoms with van der Waals surface area (Å²) in [7, 11) is 0. The number of pyridine rings is 1. The third kappa shape index (κ3) is 6.73. The maximum absolute atomic E-state index is 13.3. The van der Waals surface area contributed by atoms with Gasteiger partial charge in [-0.1, -0.05) is 36.4 Å². The molecule has 35 heavy (non-hydrogen) atoms. The van der Waals surface area contributed by atoms with Gasteiger partial charge in [-0.2, -0.15) is 0 Å². The Hall–Kier alpha value is -2.65. The first-order valence-corrected chi connectivity index (χ1v) is 13.1. The Kier molecular flexibility index (Phi) is 8.15. The smallest absolute Gasteiger partial charge is 0.236 e. The summed E-state index contributed by atoms with van der Waals surface area (Å²) in [6, 6.07) is 14.2. The summed E-state index contributed by atoms with van der Waals surface area (Å²) < 4.78 is 11.9. The number of hydrogen-bond donors (Lipinski definition) is 0. The topological polar surface area (TPSA) is 67.8 Å². The molecular weight excluding hydrogens is 460 g/mol. The summed E-state index contributed by atoms with van der Waals surface area (Å²) in [5.74, 6) is 0.671. The van der Waals surface area contributed by atoms with Gasteiger partial charge in [0.25, 0.3) is 0 Å². The molecule has 0 saturated carbocycles. The molecule has 0 spiro atoms. The van der Waals surface area contributed by atoms with Crippen LogP contribution in [0.1, 0.15) is 23.3 Å². The number of carbonyl (C=O) groups is 1. The third-order valence-corrected chi connectivity index (χ3v) is 7.61. The van der Waals surface area contributed by atoms with E-state index in [9.17, 15) is 4.79 Å². The second-order valence-corrected chi connectivity index (χ2v) is 10.4. The van der Waals surface area contributed by atoms with Crippen LogP contribution in [0.2, 0.25) is 0 Å². The minimum Gasteiger partial charge on any atom is -0.381 e. The Morgan fingerprint density at radius 1 is 1.06 bits per heavy atom. The minimum absolute atomic E-state index is 0.0667. The van der Waals surface area contributed by atoms with Gasteiger partial charge in [-0.25, -0.2) is 4.98 Å². The standard InChI is InChI=1S/C27H32N4O3S/c32-26-19-30(18-25-14-29-27(35-25)23-6-2-1-3-7-23)16-24(34-20-22-5-4-10-28-13-22)17-31(26)15-21-8-11-33-12-9-21/h1-7,10,13-14,21,24H,8-9,11-12,15-20H2. The maximum Gasteiger partial charge on any atom is 0.236 e. The van der Waals surface area contributed by atoms with E-state index in [0.717, 1.165) is 53.6 Å². The Labute approximate surface area is 210 Å². The van der Waals surface area contributed by atoms with Crippen molar-refractivity contribution in [2.45, 2.75) is 32.1 Å². The summed E-state index contributed by atoms with van der Waals surface area (Å²) in [5, 5.41) is 1.01. The first kappa shape index (κ1) is 24.1. The fraction of sp³-hybridized carbons (Fsp3) is 0.444. The van der Waals surface area contributed by atoms with Crippen molar-refractivity contribution >= 4 is 17.2 Å². The third-order valence-electron chi connectivity index (χ3n) is 6.58. The van der Waals surface area contributed by atoms with E-state index in [4.69, 9.17) is 9.47 Å². The fourth-order valence-corrected chi connectivity index (χ4v) is 5.67. The number of ether oxygens (including phenoxy) is 2. The molecule has 4 heterocycles. The zero-order chi connectivity index (χ0) is 23.9. The van der Waals surface area contributed by atoms with E-state index in [1.54, 1.807) is 17.5 Å². The van der Waals surface area contributed by atoms with Crippen LogP contribution in [-0.4, -0.2) is 71.2 Å². The van der Waals surface area contributed by atoms with Gasteiger partial charge in [-0.3, -0.25) is 14.7 Å². The molecule has 184 valence electrons. The van der Waals surface area contributed by atoms with Crippen molar-refractivity contribution in [1.82, 2.24) is 19.8 Å². The number of amides is 1. The van der Waals surface area contributed by atoms with E-state index >= 15 is 0 Å². The van der Waals surface area contributed by atoms with E-state index in [-0.39, 0.29) is 12.0 Å². The first-order valence-electron chi connectivity index (χ1n) is 12.3. The molecule has 1 amide bonds. The molecule has 1 unspecified atom stereocenters. The van der Waals surface area contributed by atoms with E-state index in [1.807, 2.05) is 47.6 Å². The predicted molar refractivity (Wildman–Crippen MR) is 136 cm³/mol. The number of aromatic nitrogens is 2. The van der Waals surface area contributed by atoms with Gasteiger partial charge < -0.3 is 14.4 Å². The van der Waals surface area contributed by atoms with Crippen molar-refractivity contribution in [1.29, 1.82) is 0 Å². The van der Waals surface area contributed by atoms with Crippen molar-refractivity contribution in [3.8, 4) is 10.6 Å². The number of thiazole rings is 1. The first-order chi connectivity index (χ1) is 17.2. The Balaban J connectivity index is 1.28. The van der Waals surface area contributed by atoms with E-state index in [1.165, 1.54) is 0 Å². The van der Waals surface area contributed by atoms with Gasteiger partial charge >= 0.3 is 0 Å². The van der Waals surface area contributed by atoms with Crippen LogP contribution in [0.5, 0.6) is 0 Å². The zero-order valence-electron chi connectivity index (χ0n) is 19.9. The molecule has 2 saturated heterocycles. The van der Waals surface area contributed by atoms with E-state index in [2.05, 4.69) is 27.0 Å². The summed E-state index contributed by atoms with van der Waals surface area (Å²) in [5.41, 5.74) is 2.16. The normalized spacial score (nSPS) is 20.2. The molecule has 0 bridgehead atoms. The lowest BCUT2D eigenvalue weighted by Crippen LogP contribution is -2.42. The van der Waals surface area contributed by atoms with Crippen LogP contribution >= 0.6 is 11.3 Å². The summed E-state index contributed by atoms with van der Waals surface area (Å²) in [6.07, 6.45) is 7.50. The predicted octanol–water partition coefficient (Wildman–Crippen LogP) is 3.86. The summed E-state index contributed by atoms with van der Waals surface area (Å²) in [4.78, 5) is 27.5. The van der Waals surface area contributed by atoms with Gasteiger partial charge in [0.1, 0.15) is 5.01 Å². The molecule has 5 rings (SSSR count). The van der Waals surface area contributed by atoms with Crippen molar-refractivity contribution in [2.75, 3.05) is 39.4 Å². The van der Waals surface area contributed by atoms with Crippen molar-refractivity contribution in [2.24, 2.45) is 5.92 Å². The molecule has 1 aromatic carbocycles. The van der Waals surface area contributed by atoms with Crippen molar-refractivity contribution in [3.63, 3.8) is 0 Å². The Morgan fingerprint density at radius 3 is 2.71 bits per heavy atom. The highest BCUT2D eigenvalue weighted by atomic mass is 32.1. The lowest BCUT2D eigenvalue weighted by atomic mass is 9.99. The quantitative estimate of drug-likeness (QED) is 0.476. The minimum atomic E-state index is -0.0667. The lowest BCUT2D eigenvalue weighted by Gasteiger charge is -2.30. The molecule has 3 aromatic rings. The molecule has 2 aromatic heterocycles. The van der Waals surface area contributed by atoms with Gasteiger partial charge in [0.15, 0.2) is 0 Å². The number of rotatable bonds is 8. The zero-order valence-corrected chi connectivity index (χ0v) is 20.7. The van der Waals surface area contributed by atoms with Gasteiger partial charge in [0.05, 0.1) is 19.3 Å². The van der Waals surface area contributed by atoms with Crippen LogP contribution in [0.4, 0.5) is 0 Å². The number of benzene rings is 1. The number of nitrogens with zero attached hydrogens (tertiary/aromatic N) is 4. The highest BCUT2D eigenvalue weighted by molar-refractivity contribution is 7.15. The van der Waals surface area contributed by atoms with E-state index in [0.29, 0.717) is 38.7 Å². The van der Waals surface area contributed by atoms with Crippen LogP contribution in [0.3, 0.4) is 0 Å². The second-order valence-electron chi connectivity index (χ2n) is 9.32. The molecule has 0 N–H and O–H groups in total. The molecule has 8 heteroatoms. The van der Waals surface area contributed by atoms with Gasteiger partial charge in [0, 0.05) is 68.4 Å². The number of carbonyl (C=O) groups excluding carboxylic acids is 1. The molecule has 0 radical (unpaired) electrons. The van der Waals surface area contributed by atoms with Crippen molar-refractivity contribution in [3.05, 3.63) is 71.5 Å². The largest absolute Gasteiger partial charge is 0.381 e. The molecule has 7 nitrogen and oxygen atoms in total. The molecular formula is C27H32N4O3S. The highest BCUT2D eigenvalue weighted by Gasteiger charge is 2.30.